The molecule has 1 atom stereocenters. The van der Waals surface area contributed by atoms with Gasteiger partial charge in [0.1, 0.15) is 5.56 Å². The van der Waals surface area contributed by atoms with Crippen molar-refractivity contribution in [3.63, 3.8) is 0 Å². The van der Waals surface area contributed by atoms with Crippen LogP contribution in [0.4, 0.5) is 0 Å². The molecule has 0 aromatic carbocycles. The van der Waals surface area contributed by atoms with Gasteiger partial charge in [0.15, 0.2) is 5.65 Å². The number of rotatable bonds is 3. The van der Waals surface area contributed by atoms with E-state index < -0.39 is 0 Å². The number of nitrogens with one attached hydrogen (secondary N) is 1. The summed E-state index contributed by atoms with van der Waals surface area (Å²) >= 11 is 0. The highest BCUT2D eigenvalue weighted by Crippen LogP contribution is 2.33. The fraction of sp³-hybridized carbons (Fsp3) is 0.588. The summed E-state index contributed by atoms with van der Waals surface area (Å²) in [5.74, 6) is 0.335. The molecule has 0 radical (unpaired) electrons. The third-order valence-corrected chi connectivity index (χ3v) is 5.38. The van der Waals surface area contributed by atoms with Gasteiger partial charge in [-0.05, 0) is 31.9 Å². The van der Waals surface area contributed by atoms with Crippen LogP contribution < -0.4 is 5.32 Å². The maximum absolute atomic E-state index is 11.9. The summed E-state index contributed by atoms with van der Waals surface area (Å²) in [6, 6.07) is 2.83. The Bertz CT molecular complexity index is 719. The van der Waals surface area contributed by atoms with Gasteiger partial charge in [-0.2, -0.15) is 5.10 Å². The van der Waals surface area contributed by atoms with Crippen LogP contribution in [-0.4, -0.2) is 51.6 Å². The monoisotopic (exact) mass is 313 g/mol. The van der Waals surface area contributed by atoms with Crippen molar-refractivity contribution in [2.45, 2.75) is 44.1 Å². The molecule has 23 heavy (non-hydrogen) atoms. The second kappa shape index (κ2) is 5.92. The van der Waals surface area contributed by atoms with Gasteiger partial charge >= 0.3 is 0 Å². The molecule has 1 N–H and O–H groups in total. The van der Waals surface area contributed by atoms with Crippen molar-refractivity contribution in [2.24, 2.45) is 0 Å². The minimum atomic E-state index is -0.136. The summed E-state index contributed by atoms with van der Waals surface area (Å²) in [6.45, 7) is 2.27. The van der Waals surface area contributed by atoms with E-state index in [0.29, 0.717) is 17.1 Å². The first-order valence-electron chi connectivity index (χ1n) is 8.56. The number of nitrogens with zero attached hydrogens (tertiary/aromatic N) is 4. The van der Waals surface area contributed by atoms with Crippen LogP contribution in [0.25, 0.3) is 5.65 Å². The molecule has 2 aromatic rings. The summed E-state index contributed by atoms with van der Waals surface area (Å²) in [5, 5.41) is 7.08. The number of hydrogen-bond donors (Lipinski definition) is 1. The summed E-state index contributed by atoms with van der Waals surface area (Å²) in [5.41, 5.74) is 2.37. The second-order valence-corrected chi connectivity index (χ2v) is 6.66. The lowest BCUT2D eigenvalue weighted by Crippen LogP contribution is -2.30. The van der Waals surface area contributed by atoms with Gasteiger partial charge in [0.25, 0.3) is 5.91 Å². The van der Waals surface area contributed by atoms with Crippen LogP contribution >= 0.6 is 0 Å². The standard InChI is InChI=1S/C17H23N5O/c1-18-17(23)14-10-20-22-15(6-8-19-16(14)22)12-7-9-21(11-12)13-4-2-3-5-13/h6,8,10,12-13H,2-5,7,9,11H2,1H3,(H,18,23). The normalized spacial score (nSPS) is 22.9. The third-order valence-electron chi connectivity index (χ3n) is 5.38. The minimum absolute atomic E-state index is 0.136. The lowest BCUT2D eigenvalue weighted by molar-refractivity contribution is 0.0964. The molecule has 6 nitrogen and oxygen atoms in total. The van der Waals surface area contributed by atoms with Gasteiger partial charge in [-0.1, -0.05) is 12.8 Å². The van der Waals surface area contributed by atoms with Gasteiger partial charge in [-0.15, -0.1) is 0 Å². The molecule has 0 bridgehead atoms. The predicted octanol–water partition coefficient (Wildman–Crippen LogP) is 1.82. The number of aromatic nitrogens is 3. The zero-order valence-electron chi connectivity index (χ0n) is 13.5. The zero-order valence-corrected chi connectivity index (χ0v) is 13.5. The molecule has 3 heterocycles. The van der Waals surface area contributed by atoms with Crippen LogP contribution in [-0.2, 0) is 0 Å². The summed E-state index contributed by atoms with van der Waals surface area (Å²) in [6.07, 6.45) is 10.0. The minimum Gasteiger partial charge on any atom is -0.355 e. The maximum Gasteiger partial charge on any atom is 0.256 e. The van der Waals surface area contributed by atoms with Gasteiger partial charge in [0, 0.05) is 31.7 Å². The van der Waals surface area contributed by atoms with Crippen LogP contribution in [0.1, 0.15) is 54.1 Å². The molecule has 1 saturated carbocycles. The number of hydrogen-bond acceptors (Lipinski definition) is 4. The van der Waals surface area contributed by atoms with E-state index >= 15 is 0 Å². The van der Waals surface area contributed by atoms with E-state index in [4.69, 9.17) is 0 Å². The molecule has 1 saturated heterocycles. The molecule has 1 aliphatic carbocycles. The van der Waals surface area contributed by atoms with Crippen LogP contribution in [0.5, 0.6) is 0 Å². The predicted molar refractivity (Wildman–Crippen MR) is 87.6 cm³/mol. The molecular formula is C17H23N5O. The molecule has 6 heteroatoms. The van der Waals surface area contributed by atoms with Crippen LogP contribution in [0, 0.1) is 0 Å². The first-order chi connectivity index (χ1) is 11.3. The molecule has 2 fully saturated rings. The molecular weight excluding hydrogens is 290 g/mol. The lowest BCUT2D eigenvalue weighted by atomic mass is 10.0. The highest BCUT2D eigenvalue weighted by Gasteiger charge is 2.32. The largest absolute Gasteiger partial charge is 0.355 e. The number of carbonyl (C=O) groups is 1. The number of carbonyl (C=O) groups excluding carboxylic acids is 1. The lowest BCUT2D eigenvalue weighted by Gasteiger charge is -2.23. The van der Waals surface area contributed by atoms with Crippen LogP contribution in [0.2, 0.25) is 0 Å². The first kappa shape index (κ1) is 14.6. The Hall–Kier alpha value is -1.95. The van der Waals surface area contributed by atoms with Gasteiger partial charge < -0.3 is 5.32 Å². The van der Waals surface area contributed by atoms with E-state index in [0.717, 1.165) is 19.0 Å². The molecule has 1 unspecified atom stereocenters. The first-order valence-corrected chi connectivity index (χ1v) is 8.56. The summed E-state index contributed by atoms with van der Waals surface area (Å²) in [7, 11) is 1.63. The van der Waals surface area contributed by atoms with Crippen molar-refractivity contribution in [3.8, 4) is 0 Å². The smallest absolute Gasteiger partial charge is 0.256 e. The van der Waals surface area contributed by atoms with E-state index in [2.05, 4.69) is 26.4 Å². The van der Waals surface area contributed by atoms with E-state index in [-0.39, 0.29) is 5.91 Å². The van der Waals surface area contributed by atoms with Crippen molar-refractivity contribution < 1.29 is 4.79 Å². The maximum atomic E-state index is 11.9. The van der Waals surface area contributed by atoms with E-state index in [1.54, 1.807) is 19.4 Å². The summed E-state index contributed by atoms with van der Waals surface area (Å²) < 4.78 is 1.85. The van der Waals surface area contributed by atoms with Crippen molar-refractivity contribution in [1.82, 2.24) is 24.8 Å². The quantitative estimate of drug-likeness (QED) is 0.939. The van der Waals surface area contributed by atoms with Crippen molar-refractivity contribution in [2.75, 3.05) is 20.1 Å². The Labute approximate surface area is 135 Å². The van der Waals surface area contributed by atoms with E-state index in [9.17, 15) is 4.79 Å². The van der Waals surface area contributed by atoms with Crippen molar-refractivity contribution >= 4 is 11.6 Å². The molecule has 4 rings (SSSR count). The Morgan fingerprint density at radius 2 is 2.13 bits per heavy atom. The summed E-state index contributed by atoms with van der Waals surface area (Å²) in [4.78, 5) is 18.9. The van der Waals surface area contributed by atoms with Gasteiger partial charge in [-0.25, -0.2) is 9.50 Å². The van der Waals surface area contributed by atoms with Crippen LogP contribution in [0.15, 0.2) is 18.5 Å². The van der Waals surface area contributed by atoms with E-state index in [1.165, 1.54) is 37.9 Å². The average Bonchev–Trinajstić information content (AvgIpc) is 3.32. The Kier molecular flexibility index (Phi) is 3.77. The van der Waals surface area contributed by atoms with Crippen molar-refractivity contribution in [3.05, 3.63) is 29.7 Å². The highest BCUT2D eigenvalue weighted by molar-refractivity contribution is 5.99. The molecule has 1 aliphatic heterocycles. The molecule has 2 aromatic heterocycles. The topological polar surface area (TPSA) is 62.5 Å². The van der Waals surface area contributed by atoms with Crippen LogP contribution in [0.3, 0.4) is 0 Å². The molecule has 122 valence electrons. The Morgan fingerprint density at radius 1 is 1.30 bits per heavy atom. The second-order valence-electron chi connectivity index (χ2n) is 6.66. The van der Waals surface area contributed by atoms with Gasteiger partial charge in [-0.3, -0.25) is 9.69 Å². The van der Waals surface area contributed by atoms with Gasteiger partial charge in [0.2, 0.25) is 0 Å². The van der Waals surface area contributed by atoms with Crippen molar-refractivity contribution in [1.29, 1.82) is 0 Å². The Morgan fingerprint density at radius 3 is 2.91 bits per heavy atom. The fourth-order valence-electron chi connectivity index (χ4n) is 4.14. The van der Waals surface area contributed by atoms with E-state index in [1.807, 2.05) is 4.52 Å². The number of fused-ring (bicyclic) bond motifs is 1. The molecule has 0 spiro atoms. The average molecular weight is 313 g/mol. The SMILES string of the molecule is CNC(=O)c1cnn2c(C3CCN(C4CCCC4)C3)ccnc12. The number of amides is 1. The Balaban J connectivity index is 1.62. The zero-order chi connectivity index (χ0) is 15.8. The third kappa shape index (κ3) is 2.51. The van der Waals surface area contributed by atoms with Gasteiger partial charge in [0.05, 0.1) is 11.9 Å². The number of likely N-dealkylation sites (tertiary alicyclic amines) is 1. The highest BCUT2D eigenvalue weighted by atomic mass is 16.1. The molecule has 2 aliphatic rings. The fourth-order valence-corrected chi connectivity index (χ4v) is 4.14. The molecule has 1 amide bonds.